The summed E-state index contributed by atoms with van der Waals surface area (Å²) in [5.74, 6) is 0.747. The fraction of sp³-hybridized carbons (Fsp3) is 0.333. The summed E-state index contributed by atoms with van der Waals surface area (Å²) >= 11 is 0. The fourth-order valence-corrected chi connectivity index (χ4v) is 3.45. The van der Waals surface area contributed by atoms with Crippen molar-refractivity contribution in [3.05, 3.63) is 59.7 Å². The van der Waals surface area contributed by atoms with E-state index in [0.29, 0.717) is 24.9 Å². The number of aromatic nitrogens is 3. The number of carbonyl (C=O) groups excluding carboxylic acids is 1. The Morgan fingerprint density at radius 3 is 2.57 bits per heavy atom. The van der Waals surface area contributed by atoms with E-state index in [1.807, 2.05) is 49.1 Å². The van der Waals surface area contributed by atoms with Crippen LogP contribution in [0.4, 0.5) is 10.7 Å². The molecule has 2 amide bonds. The second kappa shape index (κ2) is 7.80. The Balaban J connectivity index is 1.39. The van der Waals surface area contributed by atoms with Crippen molar-refractivity contribution in [2.45, 2.75) is 32.6 Å². The molecule has 0 bridgehead atoms. The summed E-state index contributed by atoms with van der Waals surface area (Å²) < 4.78 is 5.18. The van der Waals surface area contributed by atoms with Crippen LogP contribution in [-0.2, 0) is 0 Å². The second-order valence-corrected chi connectivity index (χ2v) is 7.11. The Kier molecular flexibility index (Phi) is 5.06. The van der Waals surface area contributed by atoms with Gasteiger partial charge in [-0.3, -0.25) is 5.32 Å². The molecule has 28 heavy (non-hydrogen) atoms. The first kappa shape index (κ1) is 18.2. The van der Waals surface area contributed by atoms with Gasteiger partial charge < -0.3 is 9.42 Å². The van der Waals surface area contributed by atoms with E-state index >= 15 is 0 Å². The maximum Gasteiger partial charge on any atom is 0.324 e. The molecular weight excluding hydrogens is 354 g/mol. The highest BCUT2D eigenvalue weighted by Gasteiger charge is 2.26. The maximum absolute atomic E-state index is 12.5. The third kappa shape index (κ3) is 3.74. The van der Waals surface area contributed by atoms with Crippen molar-refractivity contribution in [1.29, 1.82) is 0 Å². The van der Waals surface area contributed by atoms with Crippen LogP contribution in [0.1, 0.15) is 35.7 Å². The Bertz CT molecular complexity index is 962. The SMILES string of the molecule is Cc1noc(NC(=O)N2CCC(c3cc(-c4ccccc4)ncn3)CC2)c1C. The normalized spacial score (nSPS) is 14.9. The number of benzene rings is 1. The van der Waals surface area contributed by atoms with Crippen LogP contribution >= 0.6 is 0 Å². The van der Waals surface area contributed by atoms with Crippen LogP contribution in [0.3, 0.4) is 0 Å². The molecule has 1 fully saturated rings. The number of anilines is 1. The third-order valence-electron chi connectivity index (χ3n) is 5.34. The quantitative estimate of drug-likeness (QED) is 0.741. The van der Waals surface area contributed by atoms with Crippen molar-refractivity contribution in [3.8, 4) is 11.3 Å². The van der Waals surface area contributed by atoms with E-state index in [1.165, 1.54) is 0 Å². The highest BCUT2D eigenvalue weighted by Crippen LogP contribution is 2.29. The van der Waals surface area contributed by atoms with Gasteiger partial charge in [-0.05, 0) is 32.8 Å². The van der Waals surface area contributed by atoms with Crippen LogP contribution in [-0.4, -0.2) is 39.1 Å². The molecule has 0 atom stereocenters. The van der Waals surface area contributed by atoms with Crippen LogP contribution in [0, 0.1) is 13.8 Å². The van der Waals surface area contributed by atoms with Crippen molar-refractivity contribution >= 4 is 11.9 Å². The lowest BCUT2D eigenvalue weighted by molar-refractivity contribution is 0.193. The van der Waals surface area contributed by atoms with Gasteiger partial charge in [0.1, 0.15) is 6.33 Å². The number of rotatable bonds is 3. The largest absolute Gasteiger partial charge is 0.338 e. The summed E-state index contributed by atoms with van der Waals surface area (Å²) in [6.07, 6.45) is 3.37. The average molecular weight is 377 g/mol. The van der Waals surface area contributed by atoms with Gasteiger partial charge in [-0.2, -0.15) is 0 Å². The zero-order valence-corrected chi connectivity index (χ0v) is 16.1. The molecule has 1 aromatic carbocycles. The highest BCUT2D eigenvalue weighted by molar-refractivity contribution is 5.88. The molecule has 0 radical (unpaired) electrons. The van der Waals surface area contributed by atoms with Crippen LogP contribution in [0.15, 0.2) is 47.2 Å². The zero-order chi connectivity index (χ0) is 19.5. The number of hydrogen-bond acceptors (Lipinski definition) is 5. The molecule has 0 saturated carbocycles. The van der Waals surface area contributed by atoms with Gasteiger partial charge in [0.05, 0.1) is 11.4 Å². The first-order valence-corrected chi connectivity index (χ1v) is 9.48. The molecule has 0 unspecified atom stereocenters. The standard InChI is InChI=1S/C21H23N5O2/c1-14-15(2)25-28-20(14)24-21(27)26-10-8-17(9-11-26)19-12-18(22-13-23-19)16-6-4-3-5-7-16/h3-7,12-13,17H,8-11H2,1-2H3,(H,24,27). The molecule has 1 N–H and O–H groups in total. The summed E-state index contributed by atoms with van der Waals surface area (Å²) in [7, 11) is 0. The van der Waals surface area contributed by atoms with E-state index in [2.05, 4.69) is 26.5 Å². The molecule has 7 nitrogen and oxygen atoms in total. The number of amides is 2. The van der Waals surface area contributed by atoms with E-state index in [-0.39, 0.29) is 6.03 Å². The van der Waals surface area contributed by atoms with Crippen LogP contribution in [0.5, 0.6) is 0 Å². The van der Waals surface area contributed by atoms with E-state index in [4.69, 9.17) is 4.52 Å². The van der Waals surface area contributed by atoms with Gasteiger partial charge in [0.15, 0.2) is 0 Å². The smallest absolute Gasteiger partial charge is 0.324 e. The number of likely N-dealkylation sites (tertiary alicyclic amines) is 1. The number of nitrogens with one attached hydrogen (secondary N) is 1. The van der Waals surface area contributed by atoms with Crippen molar-refractivity contribution in [2.24, 2.45) is 0 Å². The summed E-state index contributed by atoms with van der Waals surface area (Å²) in [5.41, 5.74) is 4.70. The molecule has 2 aromatic heterocycles. The minimum absolute atomic E-state index is 0.148. The summed E-state index contributed by atoms with van der Waals surface area (Å²) in [5, 5.41) is 6.70. The lowest BCUT2D eigenvalue weighted by Crippen LogP contribution is -2.40. The molecule has 1 aliphatic rings. The number of urea groups is 1. The van der Waals surface area contributed by atoms with Crippen molar-refractivity contribution in [2.75, 3.05) is 18.4 Å². The molecule has 0 aliphatic carbocycles. The summed E-state index contributed by atoms with van der Waals surface area (Å²) in [4.78, 5) is 23.2. The maximum atomic E-state index is 12.5. The second-order valence-electron chi connectivity index (χ2n) is 7.11. The van der Waals surface area contributed by atoms with E-state index in [9.17, 15) is 4.79 Å². The van der Waals surface area contributed by atoms with Gasteiger partial charge >= 0.3 is 6.03 Å². The van der Waals surface area contributed by atoms with Gasteiger partial charge in [-0.1, -0.05) is 35.5 Å². The molecule has 7 heteroatoms. The molecule has 144 valence electrons. The van der Waals surface area contributed by atoms with E-state index in [0.717, 1.165) is 41.1 Å². The average Bonchev–Trinajstić information content (AvgIpc) is 3.06. The number of nitrogens with zero attached hydrogens (tertiary/aromatic N) is 4. The van der Waals surface area contributed by atoms with E-state index in [1.54, 1.807) is 6.33 Å². The third-order valence-corrected chi connectivity index (χ3v) is 5.34. The van der Waals surface area contributed by atoms with Crippen molar-refractivity contribution < 1.29 is 9.32 Å². The Morgan fingerprint density at radius 1 is 1.14 bits per heavy atom. The molecule has 1 saturated heterocycles. The monoisotopic (exact) mass is 377 g/mol. The summed E-state index contributed by atoms with van der Waals surface area (Å²) in [6, 6.07) is 12.0. The summed E-state index contributed by atoms with van der Waals surface area (Å²) in [6.45, 7) is 5.08. The Labute approximate surface area is 163 Å². The fourth-order valence-electron chi connectivity index (χ4n) is 3.45. The van der Waals surface area contributed by atoms with Gasteiger partial charge in [0.25, 0.3) is 0 Å². The minimum Gasteiger partial charge on any atom is -0.338 e. The predicted octanol–water partition coefficient (Wildman–Crippen LogP) is 4.16. The van der Waals surface area contributed by atoms with Gasteiger partial charge in [-0.25, -0.2) is 14.8 Å². The van der Waals surface area contributed by atoms with Crippen LogP contribution < -0.4 is 5.32 Å². The minimum atomic E-state index is -0.148. The van der Waals surface area contributed by atoms with Crippen molar-refractivity contribution in [3.63, 3.8) is 0 Å². The molecule has 3 aromatic rings. The van der Waals surface area contributed by atoms with Crippen LogP contribution in [0.2, 0.25) is 0 Å². The van der Waals surface area contributed by atoms with Gasteiger partial charge in [-0.15, -0.1) is 0 Å². The predicted molar refractivity (Wildman–Crippen MR) is 106 cm³/mol. The molecule has 4 rings (SSSR count). The number of aryl methyl sites for hydroxylation is 1. The molecule has 0 spiro atoms. The molecular formula is C21H23N5O2. The molecule has 3 heterocycles. The van der Waals surface area contributed by atoms with Gasteiger partial charge in [0.2, 0.25) is 5.88 Å². The zero-order valence-electron chi connectivity index (χ0n) is 16.1. The molecule has 1 aliphatic heterocycles. The Morgan fingerprint density at radius 2 is 1.89 bits per heavy atom. The highest BCUT2D eigenvalue weighted by atomic mass is 16.5. The van der Waals surface area contributed by atoms with Crippen LogP contribution in [0.25, 0.3) is 11.3 Å². The topological polar surface area (TPSA) is 84.2 Å². The first-order chi connectivity index (χ1) is 13.6. The lowest BCUT2D eigenvalue weighted by Gasteiger charge is -2.31. The number of hydrogen-bond donors (Lipinski definition) is 1. The number of piperidine rings is 1. The Hall–Kier alpha value is -3.22. The van der Waals surface area contributed by atoms with Gasteiger partial charge in [0, 0.05) is 35.8 Å². The van der Waals surface area contributed by atoms with E-state index < -0.39 is 0 Å². The number of carbonyl (C=O) groups is 1. The lowest BCUT2D eigenvalue weighted by atomic mass is 9.92. The van der Waals surface area contributed by atoms with Crippen molar-refractivity contribution in [1.82, 2.24) is 20.0 Å². The first-order valence-electron chi connectivity index (χ1n) is 9.48.